The lowest BCUT2D eigenvalue weighted by Gasteiger charge is -2.23. The number of amides is 3. The minimum atomic E-state index is -0.279. The molecule has 0 heterocycles. The first-order valence-electron chi connectivity index (χ1n) is 9.45. The Morgan fingerprint density at radius 1 is 0.867 bits per heavy atom. The second-order valence-electron chi connectivity index (χ2n) is 6.38. The highest BCUT2D eigenvalue weighted by Crippen LogP contribution is 2.16. The van der Waals surface area contributed by atoms with Crippen LogP contribution in [0.4, 0.5) is 16.2 Å². The van der Waals surface area contributed by atoms with Gasteiger partial charge in [0, 0.05) is 29.5 Å². The number of para-hydroxylation sites is 2. The SMILES string of the molecule is O=C(COc1ccc(Cl)cc1)NCCN(C(=O)Nc1ccccc1)c1ccccc1. The molecule has 7 heteroatoms. The van der Waals surface area contributed by atoms with Gasteiger partial charge in [-0.25, -0.2) is 4.79 Å². The largest absolute Gasteiger partial charge is 0.484 e. The van der Waals surface area contributed by atoms with Gasteiger partial charge in [0.2, 0.25) is 0 Å². The number of ether oxygens (including phenoxy) is 1. The highest BCUT2D eigenvalue weighted by atomic mass is 35.5. The van der Waals surface area contributed by atoms with Crippen LogP contribution in [0.2, 0.25) is 5.02 Å². The van der Waals surface area contributed by atoms with Gasteiger partial charge in [0.15, 0.2) is 6.61 Å². The van der Waals surface area contributed by atoms with E-state index in [0.717, 1.165) is 5.69 Å². The van der Waals surface area contributed by atoms with Crippen molar-refractivity contribution in [3.05, 3.63) is 90.0 Å². The van der Waals surface area contributed by atoms with Crippen LogP contribution in [0.1, 0.15) is 0 Å². The molecule has 0 aliphatic carbocycles. The summed E-state index contributed by atoms with van der Waals surface area (Å²) in [6.45, 7) is 0.457. The maximum Gasteiger partial charge on any atom is 0.326 e. The summed E-state index contributed by atoms with van der Waals surface area (Å²) in [5.41, 5.74) is 1.43. The van der Waals surface area contributed by atoms with Crippen molar-refractivity contribution in [2.24, 2.45) is 0 Å². The van der Waals surface area contributed by atoms with Crippen molar-refractivity contribution in [3.63, 3.8) is 0 Å². The van der Waals surface area contributed by atoms with Crippen LogP contribution >= 0.6 is 11.6 Å². The van der Waals surface area contributed by atoms with E-state index in [2.05, 4.69) is 10.6 Å². The predicted molar refractivity (Wildman–Crippen MR) is 119 cm³/mol. The van der Waals surface area contributed by atoms with Crippen LogP contribution in [0.25, 0.3) is 0 Å². The molecule has 6 nitrogen and oxygen atoms in total. The van der Waals surface area contributed by atoms with E-state index in [4.69, 9.17) is 16.3 Å². The van der Waals surface area contributed by atoms with Crippen LogP contribution in [0.3, 0.4) is 0 Å². The summed E-state index contributed by atoms with van der Waals surface area (Å²) in [5.74, 6) is 0.282. The molecule has 0 saturated heterocycles. The van der Waals surface area contributed by atoms with Gasteiger partial charge in [0.25, 0.3) is 5.91 Å². The topological polar surface area (TPSA) is 70.7 Å². The lowest BCUT2D eigenvalue weighted by molar-refractivity contribution is -0.123. The quantitative estimate of drug-likeness (QED) is 0.557. The van der Waals surface area contributed by atoms with Crippen molar-refractivity contribution in [1.29, 1.82) is 0 Å². The number of rotatable bonds is 8. The molecular weight excluding hydrogens is 402 g/mol. The van der Waals surface area contributed by atoms with E-state index in [-0.39, 0.29) is 25.1 Å². The van der Waals surface area contributed by atoms with Crippen LogP contribution in [-0.4, -0.2) is 31.6 Å². The zero-order chi connectivity index (χ0) is 21.2. The summed E-state index contributed by atoms with van der Waals surface area (Å²) in [6.07, 6.45) is 0. The molecule has 3 aromatic carbocycles. The number of anilines is 2. The Labute approximate surface area is 180 Å². The fraction of sp³-hybridized carbons (Fsp3) is 0.130. The molecule has 154 valence electrons. The molecule has 0 bridgehead atoms. The van der Waals surface area contributed by atoms with Crippen LogP contribution in [0.15, 0.2) is 84.9 Å². The highest BCUT2D eigenvalue weighted by Gasteiger charge is 2.16. The predicted octanol–water partition coefficient (Wildman–Crippen LogP) is 4.57. The molecule has 0 atom stereocenters. The first-order chi connectivity index (χ1) is 14.6. The number of benzene rings is 3. The van der Waals surface area contributed by atoms with Crippen LogP contribution in [0.5, 0.6) is 5.75 Å². The third-order valence-corrected chi connectivity index (χ3v) is 4.43. The molecule has 2 N–H and O–H groups in total. The van der Waals surface area contributed by atoms with Gasteiger partial charge in [0.05, 0.1) is 0 Å². The number of urea groups is 1. The van der Waals surface area contributed by atoms with Gasteiger partial charge in [-0.05, 0) is 48.5 Å². The summed E-state index contributed by atoms with van der Waals surface area (Å²) in [7, 11) is 0. The Bertz CT molecular complexity index is 950. The second kappa shape index (κ2) is 10.9. The molecule has 3 amide bonds. The van der Waals surface area contributed by atoms with E-state index in [1.807, 2.05) is 60.7 Å². The Morgan fingerprint density at radius 2 is 1.50 bits per heavy atom. The third kappa shape index (κ3) is 6.53. The van der Waals surface area contributed by atoms with Gasteiger partial charge in [-0.2, -0.15) is 0 Å². The van der Waals surface area contributed by atoms with Crippen molar-refractivity contribution < 1.29 is 14.3 Å². The van der Waals surface area contributed by atoms with E-state index in [1.165, 1.54) is 0 Å². The number of hydrogen-bond donors (Lipinski definition) is 2. The second-order valence-corrected chi connectivity index (χ2v) is 6.81. The zero-order valence-electron chi connectivity index (χ0n) is 16.3. The molecule has 0 unspecified atom stereocenters. The molecule has 0 aromatic heterocycles. The molecule has 30 heavy (non-hydrogen) atoms. The fourth-order valence-electron chi connectivity index (χ4n) is 2.71. The van der Waals surface area contributed by atoms with Crippen LogP contribution < -0.4 is 20.3 Å². The van der Waals surface area contributed by atoms with E-state index >= 15 is 0 Å². The lowest BCUT2D eigenvalue weighted by Crippen LogP contribution is -2.41. The Morgan fingerprint density at radius 3 is 2.17 bits per heavy atom. The Hall–Kier alpha value is -3.51. The fourth-order valence-corrected chi connectivity index (χ4v) is 2.83. The minimum Gasteiger partial charge on any atom is -0.484 e. The standard InChI is InChI=1S/C23H22ClN3O3/c24-18-11-13-21(14-12-18)30-17-22(28)25-15-16-27(20-9-5-2-6-10-20)23(29)26-19-7-3-1-4-8-19/h1-14H,15-17H2,(H,25,28)(H,26,29). The zero-order valence-corrected chi connectivity index (χ0v) is 17.0. The van der Waals surface area contributed by atoms with Crippen molar-refractivity contribution in [1.82, 2.24) is 5.32 Å². The van der Waals surface area contributed by atoms with Gasteiger partial charge in [0.1, 0.15) is 5.75 Å². The first-order valence-corrected chi connectivity index (χ1v) is 9.83. The summed E-state index contributed by atoms with van der Waals surface area (Å²) < 4.78 is 5.43. The van der Waals surface area contributed by atoms with Gasteiger partial charge in [-0.1, -0.05) is 48.0 Å². The van der Waals surface area contributed by atoms with E-state index in [0.29, 0.717) is 23.0 Å². The number of carbonyl (C=O) groups is 2. The highest BCUT2D eigenvalue weighted by molar-refractivity contribution is 6.30. The number of carbonyl (C=O) groups excluding carboxylic acids is 2. The maximum atomic E-state index is 12.8. The van der Waals surface area contributed by atoms with Crippen LogP contribution in [-0.2, 0) is 4.79 Å². The van der Waals surface area contributed by atoms with Crippen molar-refractivity contribution >= 4 is 34.9 Å². The molecule has 0 spiro atoms. The van der Waals surface area contributed by atoms with E-state index < -0.39 is 0 Å². The van der Waals surface area contributed by atoms with E-state index in [1.54, 1.807) is 29.2 Å². The number of halogens is 1. The van der Waals surface area contributed by atoms with Gasteiger partial charge < -0.3 is 15.4 Å². The monoisotopic (exact) mass is 423 g/mol. The normalized spacial score (nSPS) is 10.2. The van der Waals surface area contributed by atoms with Gasteiger partial charge >= 0.3 is 6.03 Å². The maximum absolute atomic E-state index is 12.8. The van der Waals surface area contributed by atoms with Gasteiger partial charge in [-0.3, -0.25) is 9.69 Å². The summed E-state index contributed by atoms with van der Waals surface area (Å²) >= 11 is 5.83. The number of nitrogens with zero attached hydrogens (tertiary/aromatic N) is 1. The molecule has 3 rings (SSSR count). The molecule has 0 aliphatic rings. The first kappa shape index (κ1) is 21.2. The summed E-state index contributed by atoms with van der Waals surface area (Å²) in [5, 5.41) is 6.24. The molecule has 0 aliphatic heterocycles. The molecule has 0 radical (unpaired) electrons. The number of nitrogens with one attached hydrogen (secondary N) is 2. The molecule has 0 fully saturated rings. The van der Waals surface area contributed by atoms with Crippen LogP contribution in [0, 0.1) is 0 Å². The smallest absolute Gasteiger partial charge is 0.326 e. The summed E-state index contributed by atoms with van der Waals surface area (Å²) in [6, 6.07) is 25.0. The molecule has 0 saturated carbocycles. The van der Waals surface area contributed by atoms with Crippen molar-refractivity contribution in [3.8, 4) is 5.75 Å². The summed E-state index contributed by atoms with van der Waals surface area (Å²) in [4.78, 5) is 26.5. The Kier molecular flexibility index (Phi) is 7.69. The molecule has 3 aromatic rings. The molecular formula is C23H22ClN3O3. The average molecular weight is 424 g/mol. The number of hydrogen-bond acceptors (Lipinski definition) is 3. The van der Waals surface area contributed by atoms with Crippen molar-refractivity contribution in [2.45, 2.75) is 0 Å². The third-order valence-electron chi connectivity index (χ3n) is 4.18. The lowest BCUT2D eigenvalue weighted by atomic mass is 10.3. The Balaban J connectivity index is 1.53. The van der Waals surface area contributed by atoms with E-state index in [9.17, 15) is 9.59 Å². The van der Waals surface area contributed by atoms with Gasteiger partial charge in [-0.15, -0.1) is 0 Å². The average Bonchev–Trinajstić information content (AvgIpc) is 2.77. The van der Waals surface area contributed by atoms with Crippen molar-refractivity contribution in [2.75, 3.05) is 29.9 Å². The minimum absolute atomic E-state index is 0.122.